The van der Waals surface area contributed by atoms with E-state index in [1.165, 1.54) is 18.3 Å². The van der Waals surface area contributed by atoms with E-state index in [1.54, 1.807) is 54.5 Å². The summed E-state index contributed by atoms with van der Waals surface area (Å²) < 4.78 is 20.4. The molecule has 1 aliphatic rings. The van der Waals surface area contributed by atoms with Gasteiger partial charge < -0.3 is 20.1 Å². The number of benzene rings is 2. The Morgan fingerprint density at radius 2 is 1.83 bits per heavy atom. The van der Waals surface area contributed by atoms with Gasteiger partial charge in [-0.15, -0.1) is 0 Å². The van der Waals surface area contributed by atoms with Gasteiger partial charge >= 0.3 is 6.01 Å². The molecule has 1 saturated carbocycles. The molecule has 35 heavy (non-hydrogen) atoms. The lowest BCUT2D eigenvalue weighted by Gasteiger charge is -2.20. The van der Waals surface area contributed by atoms with Crippen LogP contribution in [0.4, 0.5) is 15.8 Å². The minimum atomic E-state index is -0.562. The number of carbonyl (C=O) groups is 1. The summed E-state index contributed by atoms with van der Waals surface area (Å²) in [4.78, 5) is 26.5. The number of nitrogens with zero attached hydrogens (tertiary/aromatic N) is 4. The molecule has 4 aromatic rings. The number of hydrogen-bond acceptors (Lipinski definition) is 7. The Morgan fingerprint density at radius 3 is 2.57 bits per heavy atom. The summed E-state index contributed by atoms with van der Waals surface area (Å²) in [6, 6.07) is 13.4. The number of rotatable bonds is 6. The number of carbonyl (C=O) groups excluding carboxylic acids is 1. The number of aromatic hydroxyl groups is 1. The molecule has 0 atom stereocenters. The summed E-state index contributed by atoms with van der Waals surface area (Å²) >= 11 is 0. The SMILES string of the molecule is CN(c1ccc(Oc2nc(O)c3ccncc3n2)cc1)c1ccc(C(=O)NC2CCCC2)c(F)c1. The van der Waals surface area contributed by atoms with Crippen LogP contribution in [-0.2, 0) is 0 Å². The molecule has 2 aromatic carbocycles. The Bertz CT molecular complexity index is 1370. The summed E-state index contributed by atoms with van der Waals surface area (Å²) in [5.74, 6) is -0.656. The van der Waals surface area contributed by atoms with Crippen LogP contribution in [-0.4, -0.2) is 39.1 Å². The molecule has 0 radical (unpaired) electrons. The first-order valence-corrected chi connectivity index (χ1v) is 11.4. The summed E-state index contributed by atoms with van der Waals surface area (Å²) in [6.45, 7) is 0. The molecule has 1 fully saturated rings. The molecule has 1 aliphatic carbocycles. The van der Waals surface area contributed by atoms with Crippen LogP contribution in [0.2, 0.25) is 0 Å². The monoisotopic (exact) mass is 473 g/mol. The van der Waals surface area contributed by atoms with E-state index in [4.69, 9.17) is 4.74 Å². The van der Waals surface area contributed by atoms with Gasteiger partial charge in [-0.2, -0.15) is 9.97 Å². The molecule has 0 spiro atoms. The lowest BCUT2D eigenvalue weighted by atomic mass is 10.1. The van der Waals surface area contributed by atoms with Crippen molar-refractivity contribution in [1.82, 2.24) is 20.3 Å². The molecule has 178 valence electrons. The number of amides is 1. The zero-order valence-electron chi connectivity index (χ0n) is 19.1. The van der Waals surface area contributed by atoms with Crippen molar-refractivity contribution < 1.29 is 19.0 Å². The molecule has 0 aliphatic heterocycles. The van der Waals surface area contributed by atoms with Crippen LogP contribution in [0.5, 0.6) is 17.6 Å². The van der Waals surface area contributed by atoms with E-state index in [-0.39, 0.29) is 29.4 Å². The smallest absolute Gasteiger partial charge is 0.325 e. The highest BCUT2D eigenvalue weighted by Gasteiger charge is 2.20. The van der Waals surface area contributed by atoms with Crippen molar-refractivity contribution in [2.24, 2.45) is 0 Å². The lowest BCUT2D eigenvalue weighted by molar-refractivity contribution is 0.0934. The van der Waals surface area contributed by atoms with Crippen LogP contribution in [0.1, 0.15) is 36.0 Å². The predicted molar refractivity (Wildman–Crippen MR) is 130 cm³/mol. The normalized spacial score (nSPS) is 13.7. The maximum Gasteiger partial charge on any atom is 0.325 e. The van der Waals surface area contributed by atoms with Crippen molar-refractivity contribution in [2.75, 3.05) is 11.9 Å². The minimum absolute atomic E-state index is 0.00218. The first-order chi connectivity index (χ1) is 17.0. The topological polar surface area (TPSA) is 100 Å². The molecule has 2 heterocycles. The van der Waals surface area contributed by atoms with E-state index in [0.717, 1.165) is 31.4 Å². The Labute approximate surface area is 201 Å². The molecule has 9 heteroatoms. The van der Waals surface area contributed by atoms with Gasteiger partial charge in [0.2, 0.25) is 5.88 Å². The molecule has 2 N–H and O–H groups in total. The van der Waals surface area contributed by atoms with Gasteiger partial charge in [0.25, 0.3) is 5.91 Å². The molecule has 0 bridgehead atoms. The van der Waals surface area contributed by atoms with Crippen molar-refractivity contribution in [3.05, 3.63) is 72.3 Å². The molecule has 1 amide bonds. The number of pyridine rings is 1. The van der Waals surface area contributed by atoms with E-state index in [9.17, 15) is 14.3 Å². The van der Waals surface area contributed by atoms with E-state index in [0.29, 0.717) is 22.3 Å². The fraction of sp³-hybridized carbons (Fsp3) is 0.231. The van der Waals surface area contributed by atoms with Gasteiger partial charge in [0.05, 0.1) is 22.7 Å². The third-order valence-electron chi connectivity index (χ3n) is 6.17. The fourth-order valence-corrected chi connectivity index (χ4v) is 4.21. The zero-order chi connectivity index (χ0) is 24.4. The average Bonchev–Trinajstić information content (AvgIpc) is 3.37. The summed E-state index contributed by atoms with van der Waals surface area (Å²) in [7, 11) is 1.81. The van der Waals surface area contributed by atoms with Gasteiger partial charge in [-0.25, -0.2) is 4.39 Å². The molecule has 0 saturated heterocycles. The predicted octanol–water partition coefficient (Wildman–Crippen LogP) is 5.10. The molecular formula is C26H24FN5O3. The zero-order valence-corrected chi connectivity index (χ0v) is 19.1. The van der Waals surface area contributed by atoms with Gasteiger partial charge in [0.1, 0.15) is 11.6 Å². The van der Waals surface area contributed by atoms with Gasteiger partial charge in [-0.05, 0) is 61.4 Å². The van der Waals surface area contributed by atoms with E-state index in [1.807, 2.05) is 0 Å². The fourth-order valence-electron chi connectivity index (χ4n) is 4.21. The Balaban J connectivity index is 1.28. The average molecular weight is 474 g/mol. The van der Waals surface area contributed by atoms with Crippen molar-refractivity contribution in [3.63, 3.8) is 0 Å². The van der Waals surface area contributed by atoms with Gasteiger partial charge in [0.15, 0.2) is 0 Å². The summed E-state index contributed by atoms with van der Waals surface area (Å²) in [6.07, 6.45) is 7.14. The van der Waals surface area contributed by atoms with Crippen LogP contribution in [0.25, 0.3) is 10.9 Å². The number of nitrogens with one attached hydrogen (secondary N) is 1. The number of hydrogen-bond donors (Lipinski definition) is 2. The van der Waals surface area contributed by atoms with Crippen LogP contribution in [0.3, 0.4) is 0 Å². The molecule has 5 rings (SSSR count). The second-order valence-corrected chi connectivity index (χ2v) is 8.50. The van der Waals surface area contributed by atoms with Crippen molar-refractivity contribution in [3.8, 4) is 17.6 Å². The molecule has 8 nitrogen and oxygen atoms in total. The largest absolute Gasteiger partial charge is 0.493 e. The summed E-state index contributed by atoms with van der Waals surface area (Å²) in [5, 5.41) is 13.5. The molecule has 0 unspecified atom stereocenters. The number of halogens is 1. The second-order valence-electron chi connectivity index (χ2n) is 8.50. The van der Waals surface area contributed by atoms with Gasteiger partial charge in [-0.1, -0.05) is 12.8 Å². The molecular weight excluding hydrogens is 449 g/mol. The van der Waals surface area contributed by atoms with E-state index < -0.39 is 5.82 Å². The van der Waals surface area contributed by atoms with Gasteiger partial charge in [-0.3, -0.25) is 9.78 Å². The van der Waals surface area contributed by atoms with E-state index >= 15 is 0 Å². The van der Waals surface area contributed by atoms with Crippen LogP contribution in [0.15, 0.2) is 60.9 Å². The maximum atomic E-state index is 14.8. The van der Waals surface area contributed by atoms with Gasteiger partial charge in [0, 0.05) is 30.7 Å². The van der Waals surface area contributed by atoms with Crippen LogP contribution in [0, 0.1) is 5.82 Å². The third kappa shape index (κ3) is 4.84. The molecule has 2 aromatic heterocycles. The number of aromatic nitrogens is 3. The summed E-state index contributed by atoms with van der Waals surface area (Å²) in [5.41, 5.74) is 1.90. The van der Waals surface area contributed by atoms with E-state index in [2.05, 4.69) is 20.3 Å². The highest BCUT2D eigenvalue weighted by Crippen LogP contribution is 2.30. The second kappa shape index (κ2) is 9.54. The quantitative estimate of drug-likeness (QED) is 0.402. The minimum Gasteiger partial charge on any atom is -0.493 e. The highest BCUT2D eigenvalue weighted by atomic mass is 19.1. The maximum absolute atomic E-state index is 14.8. The Kier molecular flexibility index (Phi) is 6.13. The first-order valence-electron chi connectivity index (χ1n) is 11.4. The first kappa shape index (κ1) is 22.5. The van der Waals surface area contributed by atoms with Crippen molar-refractivity contribution >= 4 is 28.2 Å². The van der Waals surface area contributed by atoms with Crippen LogP contribution < -0.4 is 15.0 Å². The third-order valence-corrected chi connectivity index (χ3v) is 6.17. The number of fused-ring (bicyclic) bond motifs is 1. The number of anilines is 2. The Hall–Kier alpha value is -4.27. The number of ether oxygens (including phenoxy) is 1. The van der Waals surface area contributed by atoms with Crippen molar-refractivity contribution in [2.45, 2.75) is 31.7 Å². The van der Waals surface area contributed by atoms with Crippen LogP contribution >= 0.6 is 0 Å². The lowest BCUT2D eigenvalue weighted by Crippen LogP contribution is -2.33. The standard InChI is InChI=1S/C26H24FN5O3/c1-32(18-8-11-20(22(27)14-18)24(33)29-16-4-2-3-5-16)17-6-9-19(10-7-17)35-26-30-23-15-28-13-12-21(23)25(34)31-26/h6-16H,2-5H2,1H3,(H,29,33)(H,30,31,34). The van der Waals surface area contributed by atoms with Crippen molar-refractivity contribution in [1.29, 1.82) is 0 Å². The highest BCUT2D eigenvalue weighted by molar-refractivity contribution is 5.95. The Morgan fingerprint density at radius 1 is 1.09 bits per heavy atom.